The Hall–Kier alpha value is -1.93. The van der Waals surface area contributed by atoms with Crippen LogP contribution in [0.1, 0.15) is 89.8 Å². The molecule has 8 heteroatoms. The van der Waals surface area contributed by atoms with Crippen LogP contribution in [0.15, 0.2) is 9.59 Å². The number of hydrogen-bond acceptors (Lipinski definition) is 5. The van der Waals surface area contributed by atoms with Crippen molar-refractivity contribution < 1.29 is 5.11 Å². The van der Waals surface area contributed by atoms with Crippen LogP contribution in [0.2, 0.25) is 0 Å². The standard InChI is InChI=1S/C24H43N5O3/c1-4-5-6-7-8-9-10-11-14-17-25-18-19(30)15-12-13-16-20-26-22-21(28(20)2)23(31)27-24(32)29(22)3/h19,25,30H,4-18H2,1-3H3,(H,27,31,32). The Kier molecular flexibility index (Phi) is 11.7. The Labute approximate surface area is 191 Å². The van der Waals surface area contributed by atoms with E-state index in [1.165, 1.54) is 62.4 Å². The second kappa shape index (κ2) is 14.3. The summed E-state index contributed by atoms with van der Waals surface area (Å²) < 4.78 is 3.13. The molecule has 2 heterocycles. The van der Waals surface area contributed by atoms with Crippen molar-refractivity contribution in [1.29, 1.82) is 0 Å². The summed E-state index contributed by atoms with van der Waals surface area (Å²) in [6.07, 6.45) is 14.8. The molecule has 1 atom stereocenters. The summed E-state index contributed by atoms with van der Waals surface area (Å²) in [7, 11) is 3.41. The SMILES string of the molecule is CCCCCCCCCCCNCC(O)CCCCc1nc2c(c(=O)[nH]c(=O)n2C)n1C. The zero-order valence-electron chi connectivity index (χ0n) is 20.3. The molecule has 0 aliphatic heterocycles. The van der Waals surface area contributed by atoms with Crippen molar-refractivity contribution in [2.75, 3.05) is 13.1 Å². The molecule has 182 valence electrons. The first-order chi connectivity index (χ1) is 15.5. The maximum Gasteiger partial charge on any atom is 0.329 e. The molecule has 0 fully saturated rings. The first kappa shape index (κ1) is 26.3. The molecule has 0 saturated carbocycles. The van der Waals surface area contributed by atoms with Gasteiger partial charge in [0.2, 0.25) is 0 Å². The average Bonchev–Trinajstić information content (AvgIpc) is 3.10. The van der Waals surface area contributed by atoms with E-state index in [9.17, 15) is 14.7 Å². The minimum absolute atomic E-state index is 0.335. The number of aliphatic hydroxyl groups excluding tert-OH is 1. The molecule has 32 heavy (non-hydrogen) atoms. The summed E-state index contributed by atoms with van der Waals surface area (Å²) in [5.41, 5.74) is -0.0252. The van der Waals surface area contributed by atoms with Crippen molar-refractivity contribution in [1.82, 2.24) is 24.4 Å². The Morgan fingerprint density at radius 1 is 0.938 bits per heavy atom. The number of fused-ring (bicyclic) bond motifs is 1. The predicted molar refractivity (Wildman–Crippen MR) is 130 cm³/mol. The molecule has 8 nitrogen and oxygen atoms in total. The molecule has 2 aromatic rings. The zero-order valence-corrected chi connectivity index (χ0v) is 20.3. The van der Waals surface area contributed by atoms with Gasteiger partial charge in [0.15, 0.2) is 11.2 Å². The number of H-pyrrole nitrogens is 1. The molecule has 2 rings (SSSR count). The Balaban J connectivity index is 1.56. The zero-order chi connectivity index (χ0) is 23.3. The van der Waals surface area contributed by atoms with Gasteiger partial charge in [-0.2, -0.15) is 0 Å². The van der Waals surface area contributed by atoms with Gasteiger partial charge in [-0.25, -0.2) is 9.78 Å². The number of rotatable bonds is 17. The first-order valence-electron chi connectivity index (χ1n) is 12.5. The average molecular weight is 450 g/mol. The highest BCUT2D eigenvalue weighted by Gasteiger charge is 2.14. The van der Waals surface area contributed by atoms with Crippen LogP contribution >= 0.6 is 0 Å². The van der Waals surface area contributed by atoms with Gasteiger partial charge < -0.3 is 15.0 Å². The lowest BCUT2D eigenvalue weighted by Gasteiger charge is -2.11. The number of nitrogens with one attached hydrogen (secondary N) is 2. The van der Waals surface area contributed by atoms with Crippen LogP contribution in [0, 0.1) is 0 Å². The molecular formula is C24H43N5O3. The lowest BCUT2D eigenvalue weighted by Crippen LogP contribution is -2.29. The van der Waals surface area contributed by atoms with Gasteiger partial charge in [0.25, 0.3) is 5.56 Å². The summed E-state index contributed by atoms with van der Waals surface area (Å²) in [6.45, 7) is 3.87. The molecule has 3 N–H and O–H groups in total. The van der Waals surface area contributed by atoms with Crippen molar-refractivity contribution in [3.8, 4) is 0 Å². The monoisotopic (exact) mass is 449 g/mol. The van der Waals surface area contributed by atoms with E-state index in [1.807, 2.05) is 0 Å². The molecule has 0 aliphatic carbocycles. The van der Waals surface area contributed by atoms with E-state index < -0.39 is 11.2 Å². The third kappa shape index (κ3) is 8.20. The van der Waals surface area contributed by atoms with Crippen molar-refractivity contribution in [3.63, 3.8) is 0 Å². The maximum absolute atomic E-state index is 12.1. The van der Waals surface area contributed by atoms with Gasteiger partial charge >= 0.3 is 5.69 Å². The van der Waals surface area contributed by atoms with Gasteiger partial charge in [-0.1, -0.05) is 64.7 Å². The van der Waals surface area contributed by atoms with Crippen LogP contribution in [0.5, 0.6) is 0 Å². The fraction of sp³-hybridized carbons (Fsp3) is 0.792. The van der Waals surface area contributed by atoms with Crippen LogP contribution in [-0.2, 0) is 20.5 Å². The topological polar surface area (TPSA) is 105 Å². The van der Waals surface area contributed by atoms with Gasteiger partial charge in [0.05, 0.1) is 6.10 Å². The fourth-order valence-corrected chi connectivity index (χ4v) is 4.17. The Morgan fingerprint density at radius 3 is 2.28 bits per heavy atom. The van der Waals surface area contributed by atoms with Crippen LogP contribution in [0.25, 0.3) is 11.2 Å². The fourth-order valence-electron chi connectivity index (χ4n) is 4.17. The summed E-state index contributed by atoms with van der Waals surface area (Å²) in [5, 5.41) is 13.6. The van der Waals surface area contributed by atoms with E-state index in [4.69, 9.17) is 0 Å². The number of imidazole rings is 1. The molecule has 2 aromatic heterocycles. The van der Waals surface area contributed by atoms with Crippen molar-refractivity contribution in [2.45, 2.75) is 96.5 Å². The Bertz CT molecular complexity index is 915. The van der Waals surface area contributed by atoms with Crippen molar-refractivity contribution in [2.24, 2.45) is 14.1 Å². The van der Waals surface area contributed by atoms with E-state index in [0.717, 1.165) is 31.6 Å². The number of nitrogens with zero attached hydrogens (tertiary/aromatic N) is 3. The third-order valence-corrected chi connectivity index (χ3v) is 6.25. The second-order valence-electron chi connectivity index (χ2n) is 9.01. The molecule has 0 radical (unpaired) electrons. The molecule has 0 bridgehead atoms. The van der Waals surface area contributed by atoms with Crippen LogP contribution in [0.3, 0.4) is 0 Å². The molecular weight excluding hydrogens is 406 g/mol. The quantitative estimate of drug-likeness (QED) is 0.322. The first-order valence-corrected chi connectivity index (χ1v) is 12.5. The van der Waals surface area contributed by atoms with E-state index >= 15 is 0 Å². The highest BCUT2D eigenvalue weighted by Crippen LogP contribution is 2.12. The smallest absolute Gasteiger partial charge is 0.329 e. The number of aliphatic hydroxyl groups is 1. The lowest BCUT2D eigenvalue weighted by molar-refractivity contribution is 0.158. The molecule has 0 spiro atoms. The normalized spacial score (nSPS) is 12.6. The van der Waals surface area contributed by atoms with Gasteiger partial charge in [0, 0.05) is 27.1 Å². The van der Waals surface area contributed by atoms with Crippen LogP contribution < -0.4 is 16.6 Å². The second-order valence-corrected chi connectivity index (χ2v) is 9.01. The van der Waals surface area contributed by atoms with Crippen molar-refractivity contribution in [3.05, 3.63) is 26.7 Å². The summed E-state index contributed by atoms with van der Waals surface area (Å²) in [5.74, 6) is 0.782. The van der Waals surface area contributed by atoms with Gasteiger partial charge in [-0.15, -0.1) is 0 Å². The van der Waals surface area contributed by atoms with Gasteiger partial charge in [-0.3, -0.25) is 14.3 Å². The largest absolute Gasteiger partial charge is 0.392 e. The Morgan fingerprint density at radius 2 is 1.59 bits per heavy atom. The molecule has 1 unspecified atom stereocenters. The van der Waals surface area contributed by atoms with Gasteiger partial charge in [0.1, 0.15) is 5.82 Å². The minimum atomic E-state index is -0.454. The number of aromatic nitrogens is 4. The predicted octanol–water partition coefficient (Wildman–Crippen LogP) is 3.15. The summed E-state index contributed by atoms with van der Waals surface area (Å²) >= 11 is 0. The molecule has 0 saturated heterocycles. The number of aryl methyl sites for hydroxylation is 3. The van der Waals surface area contributed by atoms with Crippen molar-refractivity contribution >= 4 is 11.2 Å². The molecule has 0 aliphatic rings. The number of hydrogen-bond donors (Lipinski definition) is 3. The van der Waals surface area contributed by atoms with Crippen LogP contribution in [-0.4, -0.2) is 43.4 Å². The third-order valence-electron chi connectivity index (χ3n) is 6.25. The molecule has 0 aromatic carbocycles. The number of aromatic amines is 1. The minimum Gasteiger partial charge on any atom is -0.392 e. The highest BCUT2D eigenvalue weighted by molar-refractivity contribution is 5.70. The molecule has 0 amide bonds. The van der Waals surface area contributed by atoms with E-state index in [0.29, 0.717) is 24.1 Å². The number of unbranched alkanes of at least 4 members (excludes halogenated alkanes) is 9. The summed E-state index contributed by atoms with van der Waals surface area (Å²) in [4.78, 5) is 30.6. The van der Waals surface area contributed by atoms with Gasteiger partial charge in [-0.05, 0) is 25.8 Å². The lowest BCUT2D eigenvalue weighted by atomic mass is 10.1. The summed E-state index contributed by atoms with van der Waals surface area (Å²) in [6, 6.07) is 0. The maximum atomic E-state index is 12.1. The highest BCUT2D eigenvalue weighted by atomic mass is 16.3. The van der Waals surface area contributed by atoms with E-state index in [2.05, 4.69) is 22.2 Å². The van der Waals surface area contributed by atoms with E-state index in [1.54, 1.807) is 18.7 Å². The van der Waals surface area contributed by atoms with Crippen LogP contribution in [0.4, 0.5) is 0 Å². The van der Waals surface area contributed by atoms with E-state index in [-0.39, 0.29) is 6.10 Å².